The first-order chi connectivity index (χ1) is 8.58. The van der Waals surface area contributed by atoms with E-state index in [4.69, 9.17) is 11.6 Å². The molecule has 2 heterocycles. The summed E-state index contributed by atoms with van der Waals surface area (Å²) in [6, 6.07) is 3.67. The lowest BCUT2D eigenvalue weighted by atomic mass is 10.4. The highest BCUT2D eigenvalue weighted by atomic mass is 35.5. The van der Waals surface area contributed by atoms with E-state index in [1.165, 1.54) is 0 Å². The van der Waals surface area contributed by atoms with Crippen molar-refractivity contribution >= 4 is 23.2 Å². The summed E-state index contributed by atoms with van der Waals surface area (Å²) < 4.78 is 1.88. The Balaban J connectivity index is 2.09. The number of likely N-dealkylation sites (N-methyl/N-ethyl adjacent to an activating group) is 2. The van der Waals surface area contributed by atoms with Crippen molar-refractivity contribution in [3.63, 3.8) is 0 Å². The van der Waals surface area contributed by atoms with E-state index >= 15 is 0 Å². The summed E-state index contributed by atoms with van der Waals surface area (Å²) >= 11 is 5.91. The number of nitrogens with one attached hydrogen (secondary N) is 1. The summed E-state index contributed by atoms with van der Waals surface area (Å²) in [4.78, 5) is 17.6. The maximum atomic E-state index is 11.2. The van der Waals surface area contributed by atoms with E-state index in [0.717, 1.165) is 11.3 Å². The molecule has 0 aliphatic rings. The highest BCUT2D eigenvalue weighted by Gasteiger charge is 2.08. The van der Waals surface area contributed by atoms with Crippen LogP contribution in [-0.2, 0) is 11.3 Å². The molecule has 0 saturated heterocycles. The maximum Gasteiger partial charge on any atom is 0.233 e. The molecular formula is C12H15ClN4O. The molecule has 2 rings (SSSR count). The number of rotatable bonds is 4. The van der Waals surface area contributed by atoms with Gasteiger partial charge in [0.15, 0.2) is 0 Å². The third-order valence-electron chi connectivity index (χ3n) is 2.59. The standard InChI is InChI=1S/C12H15ClN4O/c1-14-12(18)8-16(2)6-10-7-17-5-9(13)3-4-11(17)15-10/h3-5,7H,6,8H2,1-2H3,(H,14,18). The zero-order valence-electron chi connectivity index (χ0n) is 10.4. The molecule has 0 fully saturated rings. The van der Waals surface area contributed by atoms with E-state index in [1.54, 1.807) is 7.05 Å². The molecule has 0 aliphatic carbocycles. The van der Waals surface area contributed by atoms with Gasteiger partial charge in [0.25, 0.3) is 0 Å². The third kappa shape index (κ3) is 3.00. The average molecular weight is 267 g/mol. The number of carbonyl (C=O) groups excluding carboxylic acids is 1. The summed E-state index contributed by atoms with van der Waals surface area (Å²) in [5.41, 5.74) is 1.76. The Hall–Kier alpha value is -1.59. The Kier molecular flexibility index (Phi) is 3.84. The van der Waals surface area contributed by atoms with Gasteiger partial charge in [-0.05, 0) is 19.2 Å². The van der Waals surface area contributed by atoms with Crippen LogP contribution in [0.3, 0.4) is 0 Å². The number of aromatic nitrogens is 2. The largest absolute Gasteiger partial charge is 0.358 e. The van der Waals surface area contributed by atoms with Crippen molar-refractivity contribution in [2.75, 3.05) is 20.6 Å². The molecule has 1 amide bonds. The molecule has 0 saturated carbocycles. The predicted octanol–water partition coefficient (Wildman–Crippen LogP) is 1.17. The van der Waals surface area contributed by atoms with Crippen LogP contribution in [0, 0.1) is 0 Å². The first-order valence-corrected chi connectivity index (χ1v) is 5.98. The Bertz CT molecular complexity index is 566. The quantitative estimate of drug-likeness (QED) is 0.904. The molecule has 0 atom stereocenters. The molecule has 6 heteroatoms. The molecule has 2 aromatic rings. The summed E-state index contributed by atoms with van der Waals surface area (Å²) in [5, 5.41) is 3.26. The minimum absolute atomic E-state index is 0.00990. The van der Waals surface area contributed by atoms with Gasteiger partial charge >= 0.3 is 0 Å². The molecule has 0 aliphatic heterocycles. The summed E-state index contributed by atoms with van der Waals surface area (Å²) in [6.07, 6.45) is 3.73. The zero-order valence-corrected chi connectivity index (χ0v) is 11.1. The number of halogens is 1. The second kappa shape index (κ2) is 5.37. The first-order valence-electron chi connectivity index (χ1n) is 5.61. The second-order valence-corrected chi connectivity index (χ2v) is 4.63. The number of fused-ring (bicyclic) bond motifs is 1. The maximum absolute atomic E-state index is 11.2. The van der Waals surface area contributed by atoms with Crippen LogP contribution in [0.5, 0.6) is 0 Å². The monoisotopic (exact) mass is 266 g/mol. The van der Waals surface area contributed by atoms with Crippen LogP contribution in [0.15, 0.2) is 24.5 Å². The van der Waals surface area contributed by atoms with Gasteiger partial charge in [-0.15, -0.1) is 0 Å². The van der Waals surface area contributed by atoms with Gasteiger partial charge in [0.1, 0.15) is 5.65 Å². The van der Waals surface area contributed by atoms with Crippen LogP contribution < -0.4 is 5.32 Å². The number of hydrogen-bond donors (Lipinski definition) is 1. The third-order valence-corrected chi connectivity index (χ3v) is 2.81. The smallest absolute Gasteiger partial charge is 0.233 e. The van der Waals surface area contributed by atoms with E-state index in [2.05, 4.69) is 10.3 Å². The lowest BCUT2D eigenvalue weighted by Gasteiger charge is -2.13. The summed E-state index contributed by atoms with van der Waals surface area (Å²) in [7, 11) is 3.51. The predicted molar refractivity (Wildman–Crippen MR) is 70.6 cm³/mol. The van der Waals surface area contributed by atoms with E-state index in [0.29, 0.717) is 18.1 Å². The number of amides is 1. The van der Waals surface area contributed by atoms with Crippen LogP contribution in [0.25, 0.3) is 5.65 Å². The SMILES string of the molecule is CNC(=O)CN(C)Cc1cn2cc(Cl)ccc2n1. The highest BCUT2D eigenvalue weighted by Crippen LogP contribution is 2.12. The van der Waals surface area contributed by atoms with Gasteiger partial charge in [-0.1, -0.05) is 11.6 Å². The van der Waals surface area contributed by atoms with Crippen molar-refractivity contribution in [1.82, 2.24) is 19.6 Å². The first kappa shape index (κ1) is 12.9. The van der Waals surface area contributed by atoms with E-state index in [9.17, 15) is 4.79 Å². The lowest BCUT2D eigenvalue weighted by molar-refractivity contribution is -0.121. The fourth-order valence-electron chi connectivity index (χ4n) is 1.75. The Morgan fingerprint density at radius 3 is 3.00 bits per heavy atom. The molecule has 96 valence electrons. The van der Waals surface area contributed by atoms with Gasteiger partial charge in [0, 0.05) is 26.0 Å². The molecular weight excluding hydrogens is 252 g/mol. The van der Waals surface area contributed by atoms with Crippen molar-refractivity contribution in [1.29, 1.82) is 0 Å². The van der Waals surface area contributed by atoms with Gasteiger partial charge in [-0.25, -0.2) is 4.98 Å². The molecule has 1 N–H and O–H groups in total. The summed E-state index contributed by atoms with van der Waals surface area (Å²) in [6.45, 7) is 0.970. The molecule has 0 unspecified atom stereocenters. The molecule has 0 aromatic carbocycles. The summed E-state index contributed by atoms with van der Waals surface area (Å²) in [5.74, 6) is -0.00990. The van der Waals surface area contributed by atoms with Crippen molar-refractivity contribution in [3.05, 3.63) is 35.2 Å². The zero-order chi connectivity index (χ0) is 13.1. The number of carbonyl (C=O) groups is 1. The normalized spacial score (nSPS) is 11.1. The van der Waals surface area contributed by atoms with Crippen LogP contribution in [0.1, 0.15) is 5.69 Å². The van der Waals surface area contributed by atoms with Crippen LogP contribution in [0.4, 0.5) is 0 Å². The number of nitrogens with zero attached hydrogens (tertiary/aromatic N) is 3. The topological polar surface area (TPSA) is 49.6 Å². The van der Waals surface area contributed by atoms with E-state index in [1.807, 2.05) is 40.9 Å². The minimum Gasteiger partial charge on any atom is -0.358 e. The van der Waals surface area contributed by atoms with E-state index in [-0.39, 0.29) is 5.91 Å². The lowest BCUT2D eigenvalue weighted by Crippen LogP contribution is -2.32. The Morgan fingerprint density at radius 1 is 1.50 bits per heavy atom. The highest BCUT2D eigenvalue weighted by molar-refractivity contribution is 6.30. The van der Waals surface area contributed by atoms with Gasteiger partial charge in [0.2, 0.25) is 5.91 Å². The van der Waals surface area contributed by atoms with Crippen LogP contribution >= 0.6 is 11.6 Å². The van der Waals surface area contributed by atoms with Gasteiger partial charge in [-0.3, -0.25) is 9.69 Å². The molecule has 2 aromatic heterocycles. The molecule has 0 radical (unpaired) electrons. The minimum atomic E-state index is -0.00990. The Morgan fingerprint density at radius 2 is 2.28 bits per heavy atom. The fourth-order valence-corrected chi connectivity index (χ4v) is 1.92. The van der Waals surface area contributed by atoms with Gasteiger partial charge in [-0.2, -0.15) is 0 Å². The second-order valence-electron chi connectivity index (χ2n) is 4.19. The fraction of sp³-hybridized carbons (Fsp3) is 0.333. The van der Waals surface area contributed by atoms with Crippen molar-refractivity contribution in [2.24, 2.45) is 0 Å². The van der Waals surface area contributed by atoms with Crippen molar-refractivity contribution < 1.29 is 4.79 Å². The number of hydrogen-bond acceptors (Lipinski definition) is 3. The van der Waals surface area contributed by atoms with E-state index < -0.39 is 0 Å². The molecule has 5 nitrogen and oxygen atoms in total. The van der Waals surface area contributed by atoms with Gasteiger partial charge < -0.3 is 9.72 Å². The Labute approximate surface area is 110 Å². The van der Waals surface area contributed by atoms with Crippen LogP contribution in [-0.4, -0.2) is 40.8 Å². The number of imidazole rings is 1. The molecule has 18 heavy (non-hydrogen) atoms. The molecule has 0 spiro atoms. The van der Waals surface area contributed by atoms with Crippen LogP contribution in [0.2, 0.25) is 5.02 Å². The average Bonchev–Trinajstić information content (AvgIpc) is 2.69. The number of pyridine rings is 1. The molecule has 0 bridgehead atoms. The van der Waals surface area contributed by atoms with Crippen molar-refractivity contribution in [3.8, 4) is 0 Å². The van der Waals surface area contributed by atoms with Crippen molar-refractivity contribution in [2.45, 2.75) is 6.54 Å². The van der Waals surface area contributed by atoms with Gasteiger partial charge in [0.05, 0.1) is 17.3 Å².